The van der Waals surface area contributed by atoms with Gasteiger partial charge in [-0.2, -0.15) is 5.10 Å². The van der Waals surface area contributed by atoms with Gasteiger partial charge in [0.05, 0.1) is 36.5 Å². The number of nitrogens with zero attached hydrogens (tertiary/aromatic N) is 2. The minimum absolute atomic E-state index is 0.0653. The fourth-order valence-corrected chi connectivity index (χ4v) is 4.21. The first-order chi connectivity index (χ1) is 21.5. The number of carbonyl (C=O) groups excluding carboxylic acids is 6. The van der Waals surface area contributed by atoms with E-state index in [-0.39, 0.29) is 33.6 Å². The third-order valence-electron chi connectivity index (χ3n) is 6.31. The van der Waals surface area contributed by atoms with Crippen LogP contribution in [0.3, 0.4) is 0 Å². The second-order valence-corrected chi connectivity index (χ2v) is 9.13. The van der Waals surface area contributed by atoms with Crippen LogP contribution in [-0.4, -0.2) is 65.3 Å². The Bertz CT molecular complexity index is 1940. The second-order valence-electron chi connectivity index (χ2n) is 9.13. The van der Waals surface area contributed by atoms with E-state index in [0.717, 1.165) is 14.2 Å². The number of H-pyrrole nitrogens is 1. The topological polar surface area (TPSA) is 229 Å². The summed E-state index contributed by atoms with van der Waals surface area (Å²) < 4.78 is 9.38. The number of para-hydroxylation sites is 1. The number of anilines is 1. The number of nitrogens with two attached hydrogens (primary N) is 1. The predicted octanol–water partition coefficient (Wildman–Crippen LogP) is 1.43. The van der Waals surface area contributed by atoms with Gasteiger partial charge in [-0.3, -0.25) is 19.2 Å². The van der Waals surface area contributed by atoms with Crippen molar-refractivity contribution in [1.82, 2.24) is 15.4 Å². The second kappa shape index (κ2) is 13.6. The molecule has 1 atom stereocenters. The molecule has 15 heteroatoms. The number of hydrogen-bond donors (Lipinski definition) is 4. The summed E-state index contributed by atoms with van der Waals surface area (Å²) in [6, 6.07) is 16.9. The van der Waals surface area contributed by atoms with E-state index in [1.54, 1.807) is 35.8 Å². The number of methoxy groups -OCH3 is 2. The minimum Gasteiger partial charge on any atom is -0.465 e. The predicted molar refractivity (Wildman–Crippen MR) is 159 cm³/mol. The number of ether oxygens (including phenoxy) is 2. The lowest BCUT2D eigenvalue weighted by molar-refractivity contribution is -0.136. The molecule has 1 aromatic heterocycles. The van der Waals surface area contributed by atoms with Gasteiger partial charge in [-0.1, -0.05) is 42.5 Å². The number of hydrazone groups is 1. The van der Waals surface area contributed by atoms with Crippen LogP contribution in [0.5, 0.6) is 0 Å². The number of esters is 2. The molecule has 3 aromatic carbocycles. The van der Waals surface area contributed by atoms with Gasteiger partial charge < -0.3 is 25.5 Å². The smallest absolute Gasteiger partial charge is 0.355 e. The molecule has 0 fully saturated rings. The van der Waals surface area contributed by atoms with Crippen molar-refractivity contribution in [2.45, 2.75) is 5.92 Å². The lowest BCUT2D eigenvalue weighted by Gasteiger charge is -2.17. The monoisotopic (exact) mass is 612 g/mol. The van der Waals surface area contributed by atoms with Crippen LogP contribution < -0.4 is 22.0 Å². The van der Waals surface area contributed by atoms with Crippen LogP contribution in [-0.2, 0) is 23.9 Å². The molecule has 3 amide bonds. The molecule has 4 rings (SSSR count). The Hall–Kier alpha value is -6.51. The fourth-order valence-electron chi connectivity index (χ4n) is 4.21. The molecular weight excluding hydrogens is 588 g/mol. The lowest BCUT2D eigenvalue weighted by atomic mass is 9.93. The fraction of sp³-hybridized carbons (Fsp3) is 0.100. The van der Waals surface area contributed by atoms with Crippen molar-refractivity contribution in [1.29, 1.82) is 0 Å². The molecule has 0 spiro atoms. The van der Waals surface area contributed by atoms with Crippen molar-refractivity contribution in [3.8, 4) is 0 Å². The van der Waals surface area contributed by atoms with Gasteiger partial charge in [-0.25, -0.2) is 24.8 Å². The number of benzene rings is 3. The molecule has 0 bridgehead atoms. The first kappa shape index (κ1) is 31.4. The maximum Gasteiger partial charge on any atom is 0.355 e. The summed E-state index contributed by atoms with van der Waals surface area (Å²) in [6.45, 7) is 0. The Kier molecular flexibility index (Phi) is 9.53. The molecule has 15 nitrogen and oxygen atoms in total. The molecule has 5 N–H and O–H groups in total. The van der Waals surface area contributed by atoms with E-state index >= 15 is 0 Å². The van der Waals surface area contributed by atoms with Crippen LogP contribution in [0.25, 0.3) is 11.0 Å². The van der Waals surface area contributed by atoms with Gasteiger partial charge >= 0.3 is 18.0 Å². The SMILES string of the molecule is COC(=O)/C(=N\NC(N)=O)[C@@H](C(=O)C(=O)Nc1ccccc1C(=O)OC)c1nc2ccc(C(=O)c3ccccc3)cc2[nH]c1=O. The molecule has 0 unspecified atom stereocenters. The molecule has 0 radical (unpaired) electrons. The van der Waals surface area contributed by atoms with E-state index in [9.17, 15) is 33.6 Å². The number of amides is 3. The molecule has 0 aliphatic carbocycles. The van der Waals surface area contributed by atoms with Crippen LogP contribution >= 0.6 is 0 Å². The molecule has 0 saturated heterocycles. The number of nitrogens with one attached hydrogen (secondary N) is 3. The maximum absolute atomic E-state index is 13.7. The van der Waals surface area contributed by atoms with Crippen LogP contribution in [0.15, 0.2) is 82.7 Å². The third-order valence-corrected chi connectivity index (χ3v) is 6.31. The first-order valence-electron chi connectivity index (χ1n) is 12.9. The van der Waals surface area contributed by atoms with Crippen molar-refractivity contribution in [3.05, 3.63) is 106 Å². The first-order valence-corrected chi connectivity index (χ1v) is 12.9. The number of hydrogen-bond acceptors (Lipinski definition) is 11. The molecule has 0 aliphatic heterocycles. The Morgan fingerprint density at radius 2 is 1.58 bits per heavy atom. The van der Waals surface area contributed by atoms with Crippen LogP contribution in [0.4, 0.5) is 10.5 Å². The van der Waals surface area contributed by atoms with Crippen molar-refractivity contribution < 1.29 is 38.2 Å². The zero-order valence-electron chi connectivity index (χ0n) is 23.7. The minimum atomic E-state index is -2.15. The summed E-state index contributed by atoms with van der Waals surface area (Å²) in [5.74, 6) is -7.45. The van der Waals surface area contributed by atoms with E-state index in [1.807, 2.05) is 0 Å². The highest BCUT2D eigenvalue weighted by molar-refractivity contribution is 6.53. The third kappa shape index (κ3) is 6.94. The highest BCUT2D eigenvalue weighted by Gasteiger charge is 2.39. The summed E-state index contributed by atoms with van der Waals surface area (Å²) in [5, 5.41) is 5.80. The number of primary amides is 1. The standard InChI is InChI=1S/C30H24N6O9/c1-44-28(41)17-10-6-7-11-18(17)33-27(40)25(38)21(23(29(42)45-2)35-36-30(31)43)22-26(39)34-20-14-16(12-13-19(20)32-22)24(37)15-8-4-3-5-9-15/h3-14,21H,1-2H3,(H,33,40)(H,34,39)(H3,31,36,43)/b35-23-/t21-/m0/s1. The van der Waals surface area contributed by atoms with Crippen LogP contribution in [0.2, 0.25) is 0 Å². The molecular formula is C30H24N6O9. The Morgan fingerprint density at radius 3 is 2.24 bits per heavy atom. The number of carbonyl (C=O) groups is 6. The summed E-state index contributed by atoms with van der Waals surface area (Å²) in [7, 11) is 2.05. The van der Waals surface area contributed by atoms with Gasteiger partial charge in [0.25, 0.3) is 11.5 Å². The van der Waals surface area contributed by atoms with E-state index in [0.29, 0.717) is 5.56 Å². The summed E-state index contributed by atoms with van der Waals surface area (Å²) in [5.41, 5.74) is 4.79. The molecule has 4 aromatic rings. The number of aromatic amines is 1. The van der Waals surface area contributed by atoms with Crippen molar-refractivity contribution in [2.75, 3.05) is 19.5 Å². The summed E-state index contributed by atoms with van der Waals surface area (Å²) >= 11 is 0. The molecule has 45 heavy (non-hydrogen) atoms. The maximum atomic E-state index is 13.7. The van der Waals surface area contributed by atoms with Crippen molar-refractivity contribution >= 4 is 57.9 Å². The zero-order valence-corrected chi connectivity index (χ0v) is 23.7. The number of fused-ring (bicyclic) bond motifs is 1. The molecule has 0 saturated carbocycles. The normalized spacial score (nSPS) is 11.6. The van der Waals surface area contributed by atoms with Gasteiger partial charge in [-0.05, 0) is 30.3 Å². The summed E-state index contributed by atoms with van der Waals surface area (Å²) in [4.78, 5) is 96.3. The number of ketones is 2. The average Bonchev–Trinajstić information content (AvgIpc) is 3.05. The highest BCUT2D eigenvalue weighted by atomic mass is 16.5. The van der Waals surface area contributed by atoms with Gasteiger partial charge in [0.2, 0.25) is 5.78 Å². The number of aromatic nitrogens is 2. The molecule has 228 valence electrons. The number of Topliss-reactive ketones (excluding diaryl/α,β-unsaturated/α-hetero) is 1. The van der Waals surface area contributed by atoms with E-state index in [4.69, 9.17) is 10.5 Å². The lowest BCUT2D eigenvalue weighted by Crippen LogP contribution is -2.41. The largest absolute Gasteiger partial charge is 0.465 e. The Labute approximate surface area is 253 Å². The zero-order chi connectivity index (χ0) is 32.7. The van der Waals surface area contributed by atoms with E-state index in [2.05, 4.69) is 25.1 Å². The van der Waals surface area contributed by atoms with E-state index in [1.165, 1.54) is 42.5 Å². The molecule has 1 heterocycles. The van der Waals surface area contributed by atoms with E-state index < -0.39 is 52.5 Å². The van der Waals surface area contributed by atoms with Gasteiger partial charge in [0.1, 0.15) is 11.6 Å². The highest BCUT2D eigenvalue weighted by Crippen LogP contribution is 2.22. The van der Waals surface area contributed by atoms with Crippen LogP contribution in [0, 0.1) is 0 Å². The van der Waals surface area contributed by atoms with Crippen molar-refractivity contribution in [3.63, 3.8) is 0 Å². The average molecular weight is 613 g/mol. The van der Waals surface area contributed by atoms with Crippen LogP contribution in [0.1, 0.15) is 37.9 Å². The van der Waals surface area contributed by atoms with Gasteiger partial charge in [-0.15, -0.1) is 0 Å². The Balaban J connectivity index is 1.83. The quantitative estimate of drug-likeness (QED) is 0.0662. The summed E-state index contributed by atoms with van der Waals surface area (Å²) in [6.07, 6.45) is 0. The molecule has 0 aliphatic rings. The Morgan fingerprint density at radius 1 is 0.889 bits per heavy atom. The number of rotatable bonds is 10. The van der Waals surface area contributed by atoms with Gasteiger partial charge in [0, 0.05) is 11.1 Å². The van der Waals surface area contributed by atoms with Crippen molar-refractivity contribution in [2.24, 2.45) is 10.8 Å². The number of urea groups is 1. The van der Waals surface area contributed by atoms with Gasteiger partial charge in [0.15, 0.2) is 11.5 Å².